The van der Waals surface area contributed by atoms with Crippen LogP contribution in [0.3, 0.4) is 0 Å². The van der Waals surface area contributed by atoms with Crippen molar-refractivity contribution >= 4 is 43.5 Å². The summed E-state index contributed by atoms with van der Waals surface area (Å²) in [4.78, 5) is 29.2. The Morgan fingerprint density at radius 3 is 2.17 bits per heavy atom. The quantitative estimate of drug-likeness (QED) is 0.268. The molecule has 0 spiro atoms. The van der Waals surface area contributed by atoms with Gasteiger partial charge in [0.25, 0.3) is 0 Å². The predicted octanol–water partition coefficient (Wildman–Crippen LogP) is 5.86. The topological polar surface area (TPSA) is 86.8 Å². The van der Waals surface area contributed by atoms with Gasteiger partial charge in [0.2, 0.25) is 21.8 Å². The van der Waals surface area contributed by atoms with Gasteiger partial charge in [0.1, 0.15) is 6.04 Å². The average molecular weight is 643 g/mol. The fraction of sp³-hybridized carbons (Fsp3) is 0.375. The number of carbonyl (C=O) groups excluding carboxylic acids is 2. The minimum Gasteiger partial charge on any atom is -0.350 e. The lowest BCUT2D eigenvalue weighted by molar-refractivity contribution is -0.142. The Morgan fingerprint density at radius 1 is 0.927 bits per heavy atom. The molecule has 0 bridgehead atoms. The van der Waals surface area contributed by atoms with Crippen molar-refractivity contribution in [3.63, 3.8) is 0 Å². The molecule has 0 fully saturated rings. The maximum Gasteiger partial charge on any atom is 0.243 e. The van der Waals surface area contributed by atoms with Gasteiger partial charge in [-0.2, -0.15) is 0 Å². The molecule has 3 aromatic rings. The van der Waals surface area contributed by atoms with Crippen molar-refractivity contribution < 1.29 is 18.0 Å². The molecule has 0 unspecified atom stereocenters. The molecule has 0 saturated carbocycles. The molecule has 7 nitrogen and oxygen atoms in total. The minimum atomic E-state index is -3.56. The highest BCUT2D eigenvalue weighted by molar-refractivity contribution is 9.10. The van der Waals surface area contributed by atoms with Crippen molar-refractivity contribution in [2.75, 3.05) is 17.1 Å². The van der Waals surface area contributed by atoms with Gasteiger partial charge < -0.3 is 10.2 Å². The summed E-state index contributed by atoms with van der Waals surface area (Å²) in [5.74, 6) is -0.444. The van der Waals surface area contributed by atoms with E-state index in [1.807, 2.05) is 100 Å². The third-order valence-electron chi connectivity index (χ3n) is 6.48. The van der Waals surface area contributed by atoms with E-state index >= 15 is 0 Å². The maximum absolute atomic E-state index is 13.9. The van der Waals surface area contributed by atoms with E-state index in [1.54, 1.807) is 11.0 Å². The lowest BCUT2D eigenvalue weighted by atomic mass is 10.00. The lowest BCUT2D eigenvalue weighted by Gasteiger charge is -2.34. The van der Waals surface area contributed by atoms with Crippen molar-refractivity contribution in [3.8, 4) is 0 Å². The Kier molecular flexibility index (Phi) is 11.2. The summed E-state index contributed by atoms with van der Waals surface area (Å²) in [6.45, 7) is 8.04. The van der Waals surface area contributed by atoms with E-state index in [2.05, 4.69) is 21.2 Å². The maximum atomic E-state index is 13.9. The fourth-order valence-electron chi connectivity index (χ4n) is 4.58. The van der Waals surface area contributed by atoms with Crippen LogP contribution in [0.1, 0.15) is 50.3 Å². The van der Waals surface area contributed by atoms with Crippen molar-refractivity contribution in [2.45, 2.75) is 65.1 Å². The molecule has 3 aromatic carbocycles. The number of benzene rings is 3. The van der Waals surface area contributed by atoms with Crippen LogP contribution in [-0.2, 0) is 32.6 Å². The van der Waals surface area contributed by atoms with E-state index < -0.39 is 21.6 Å². The summed E-state index contributed by atoms with van der Waals surface area (Å²) >= 11 is 3.46. The third kappa shape index (κ3) is 10.3. The number of nitrogens with zero attached hydrogens (tertiary/aromatic N) is 2. The van der Waals surface area contributed by atoms with Crippen LogP contribution >= 0.6 is 15.9 Å². The van der Waals surface area contributed by atoms with Crippen LogP contribution in [0.2, 0.25) is 0 Å². The van der Waals surface area contributed by atoms with E-state index in [0.717, 1.165) is 21.2 Å². The van der Waals surface area contributed by atoms with E-state index in [0.29, 0.717) is 18.5 Å². The Hall–Kier alpha value is -3.17. The summed E-state index contributed by atoms with van der Waals surface area (Å²) < 4.78 is 27.5. The monoisotopic (exact) mass is 641 g/mol. The molecule has 3 rings (SSSR count). The Bertz CT molecular complexity index is 1420. The molecule has 0 aliphatic heterocycles. The van der Waals surface area contributed by atoms with Crippen LogP contribution in [0.25, 0.3) is 0 Å². The number of nitrogens with one attached hydrogen (secondary N) is 1. The number of amides is 2. The van der Waals surface area contributed by atoms with Crippen molar-refractivity contribution in [2.24, 2.45) is 0 Å². The molecule has 0 radical (unpaired) electrons. The van der Waals surface area contributed by atoms with Gasteiger partial charge in [-0.25, -0.2) is 8.42 Å². The molecule has 220 valence electrons. The Morgan fingerprint density at radius 2 is 1.59 bits per heavy atom. The SMILES string of the molecule is Cc1cccc(N(CCCC(=O)N(Cc2ccc(Br)cc2)[C@@H](Cc2ccccc2)C(=O)NC(C)(C)C)S(C)(=O)=O)c1. The summed E-state index contributed by atoms with van der Waals surface area (Å²) in [5.41, 5.74) is 2.86. The highest BCUT2D eigenvalue weighted by Gasteiger charge is 2.32. The predicted molar refractivity (Wildman–Crippen MR) is 169 cm³/mol. The molecule has 0 aromatic heterocycles. The molecule has 41 heavy (non-hydrogen) atoms. The summed E-state index contributed by atoms with van der Waals surface area (Å²) in [6.07, 6.45) is 1.91. The normalized spacial score (nSPS) is 12.4. The first-order chi connectivity index (χ1) is 19.2. The van der Waals surface area contributed by atoms with E-state index in [1.165, 1.54) is 10.6 Å². The van der Waals surface area contributed by atoms with Crippen LogP contribution in [-0.4, -0.2) is 49.5 Å². The second-order valence-electron chi connectivity index (χ2n) is 11.4. The molecule has 2 amide bonds. The van der Waals surface area contributed by atoms with Crippen LogP contribution in [0.5, 0.6) is 0 Å². The van der Waals surface area contributed by atoms with Gasteiger partial charge in [-0.1, -0.05) is 70.5 Å². The van der Waals surface area contributed by atoms with E-state index in [9.17, 15) is 18.0 Å². The molecule has 0 aliphatic carbocycles. The number of anilines is 1. The fourth-order valence-corrected chi connectivity index (χ4v) is 5.80. The van der Waals surface area contributed by atoms with Crippen LogP contribution in [0, 0.1) is 6.92 Å². The first kappa shape index (κ1) is 32.3. The van der Waals surface area contributed by atoms with Crippen LogP contribution in [0.15, 0.2) is 83.3 Å². The minimum absolute atomic E-state index is 0.0858. The van der Waals surface area contributed by atoms with Gasteiger partial charge in [-0.3, -0.25) is 13.9 Å². The second kappa shape index (κ2) is 14.1. The molecule has 9 heteroatoms. The van der Waals surface area contributed by atoms with Gasteiger partial charge in [0.15, 0.2) is 0 Å². The number of sulfonamides is 1. The van der Waals surface area contributed by atoms with E-state index in [4.69, 9.17) is 0 Å². The zero-order chi connectivity index (χ0) is 30.2. The molecule has 0 aliphatic rings. The standard InChI is InChI=1S/C32H40BrN3O4S/c1-24-11-9-14-28(21-24)36(41(5,39)40)20-10-15-30(37)35(23-26-16-18-27(33)19-17-26)29(31(38)34-32(2,3)4)22-25-12-7-6-8-13-25/h6-9,11-14,16-19,21,29H,10,15,20,22-23H2,1-5H3,(H,34,38)/t29-/m0/s1. The van der Waals surface area contributed by atoms with Gasteiger partial charge in [0, 0.05) is 35.9 Å². The molecular weight excluding hydrogens is 602 g/mol. The van der Waals surface area contributed by atoms with Gasteiger partial charge in [0.05, 0.1) is 11.9 Å². The average Bonchev–Trinajstić information content (AvgIpc) is 2.88. The van der Waals surface area contributed by atoms with Crippen LogP contribution < -0.4 is 9.62 Å². The van der Waals surface area contributed by atoms with Gasteiger partial charge in [-0.05, 0) is 75.1 Å². The smallest absolute Gasteiger partial charge is 0.243 e. The second-order valence-corrected chi connectivity index (χ2v) is 14.2. The highest BCUT2D eigenvalue weighted by atomic mass is 79.9. The number of hydrogen-bond acceptors (Lipinski definition) is 4. The molecule has 0 heterocycles. The molecule has 1 N–H and O–H groups in total. The Labute approximate surface area is 253 Å². The summed E-state index contributed by atoms with van der Waals surface area (Å²) in [7, 11) is -3.56. The number of halogens is 1. The van der Waals surface area contributed by atoms with Crippen molar-refractivity contribution in [1.29, 1.82) is 0 Å². The van der Waals surface area contributed by atoms with Gasteiger partial charge in [-0.15, -0.1) is 0 Å². The zero-order valence-electron chi connectivity index (χ0n) is 24.4. The Balaban J connectivity index is 1.90. The number of rotatable bonds is 12. The van der Waals surface area contributed by atoms with Crippen molar-refractivity contribution in [3.05, 3.63) is 100 Å². The number of carbonyl (C=O) groups is 2. The van der Waals surface area contributed by atoms with Gasteiger partial charge >= 0.3 is 0 Å². The molecule has 0 saturated heterocycles. The zero-order valence-corrected chi connectivity index (χ0v) is 26.8. The van der Waals surface area contributed by atoms with E-state index in [-0.39, 0.29) is 31.3 Å². The summed E-state index contributed by atoms with van der Waals surface area (Å²) in [5, 5.41) is 3.06. The number of hydrogen-bond donors (Lipinski definition) is 1. The third-order valence-corrected chi connectivity index (χ3v) is 8.20. The first-order valence-electron chi connectivity index (χ1n) is 13.7. The first-order valence-corrected chi connectivity index (χ1v) is 16.3. The van der Waals surface area contributed by atoms with Crippen LogP contribution in [0.4, 0.5) is 5.69 Å². The molecular formula is C32H40BrN3O4S. The number of aryl methyl sites for hydroxylation is 1. The largest absolute Gasteiger partial charge is 0.350 e. The summed E-state index contributed by atoms with van der Waals surface area (Å²) in [6, 6.07) is 23.9. The lowest BCUT2D eigenvalue weighted by Crippen LogP contribution is -2.54. The van der Waals surface area contributed by atoms with Crippen molar-refractivity contribution in [1.82, 2.24) is 10.2 Å². The molecule has 1 atom stereocenters. The highest BCUT2D eigenvalue weighted by Crippen LogP contribution is 2.22.